The smallest absolute Gasteiger partial charge is 0.270 e. The van der Waals surface area contributed by atoms with Crippen molar-refractivity contribution in [1.82, 2.24) is 29.2 Å². The van der Waals surface area contributed by atoms with Gasteiger partial charge in [-0.1, -0.05) is 35.9 Å². The molecule has 0 radical (unpaired) electrons. The molecule has 1 fully saturated rings. The van der Waals surface area contributed by atoms with Gasteiger partial charge in [0.1, 0.15) is 5.39 Å². The average molecular weight is 486 g/mol. The Balaban J connectivity index is 1.33. The van der Waals surface area contributed by atoms with Crippen LogP contribution in [0.1, 0.15) is 18.4 Å². The van der Waals surface area contributed by atoms with Gasteiger partial charge in [-0.25, -0.2) is 14.5 Å². The van der Waals surface area contributed by atoms with E-state index in [0.717, 1.165) is 31.1 Å². The van der Waals surface area contributed by atoms with Crippen molar-refractivity contribution in [2.24, 2.45) is 5.92 Å². The standard InChI is InChI=1S/C26H24ClN7O/c27-21-3-1-2-4-22(21)34-24(35)20-16-30-25(32-23(20)33-14-13-29-26(33)34)31-19-7-5-17(6-8-19)15-18-9-11-28-12-10-18/h1-8,13-14,16,18,28H,9-12,15H2,(H,30,31,32). The van der Waals surface area contributed by atoms with Crippen molar-refractivity contribution < 1.29 is 0 Å². The highest BCUT2D eigenvalue weighted by atomic mass is 35.5. The van der Waals surface area contributed by atoms with Crippen LogP contribution in [0.25, 0.3) is 22.5 Å². The fourth-order valence-electron chi connectivity index (χ4n) is 4.73. The normalized spacial score (nSPS) is 14.5. The number of benzene rings is 2. The maximum absolute atomic E-state index is 13.4. The van der Waals surface area contributed by atoms with Gasteiger partial charge in [0.2, 0.25) is 11.7 Å². The molecule has 2 N–H and O–H groups in total. The van der Waals surface area contributed by atoms with Crippen LogP contribution in [0, 0.1) is 5.92 Å². The second kappa shape index (κ2) is 9.13. The maximum atomic E-state index is 13.4. The topological polar surface area (TPSA) is 89.1 Å². The van der Waals surface area contributed by atoms with Gasteiger partial charge in [0, 0.05) is 24.3 Å². The number of anilines is 2. The number of aromatic nitrogens is 5. The Morgan fingerprint density at radius 1 is 1.06 bits per heavy atom. The molecule has 0 atom stereocenters. The van der Waals surface area contributed by atoms with Gasteiger partial charge in [0.05, 0.1) is 10.7 Å². The lowest BCUT2D eigenvalue weighted by atomic mass is 9.91. The van der Waals surface area contributed by atoms with Crippen molar-refractivity contribution in [3.8, 4) is 5.69 Å². The van der Waals surface area contributed by atoms with E-state index in [9.17, 15) is 4.79 Å². The number of hydrogen-bond acceptors (Lipinski definition) is 6. The van der Waals surface area contributed by atoms with E-state index in [4.69, 9.17) is 11.6 Å². The summed E-state index contributed by atoms with van der Waals surface area (Å²) in [6.45, 7) is 2.22. The molecule has 0 unspecified atom stereocenters. The zero-order valence-corrected chi connectivity index (χ0v) is 19.7. The monoisotopic (exact) mass is 485 g/mol. The molecule has 3 aromatic heterocycles. The van der Waals surface area contributed by atoms with Crippen molar-refractivity contribution in [3.63, 3.8) is 0 Å². The van der Waals surface area contributed by atoms with Crippen LogP contribution < -0.4 is 16.2 Å². The second-order valence-corrected chi connectivity index (χ2v) is 9.25. The van der Waals surface area contributed by atoms with E-state index in [0.29, 0.717) is 33.5 Å². The first-order valence-electron chi connectivity index (χ1n) is 11.7. The number of hydrogen-bond donors (Lipinski definition) is 2. The maximum Gasteiger partial charge on any atom is 0.270 e. The predicted octanol–water partition coefficient (Wildman–Crippen LogP) is 4.37. The Hall–Kier alpha value is -3.75. The molecule has 5 aromatic rings. The van der Waals surface area contributed by atoms with E-state index in [-0.39, 0.29) is 5.56 Å². The molecule has 0 aliphatic carbocycles. The Bertz CT molecular complexity index is 1570. The van der Waals surface area contributed by atoms with Crippen LogP contribution in [0.2, 0.25) is 5.02 Å². The summed E-state index contributed by atoms with van der Waals surface area (Å²) in [5.41, 5.74) is 2.99. The zero-order chi connectivity index (χ0) is 23.8. The Kier molecular flexibility index (Phi) is 5.67. The molecule has 1 aliphatic rings. The SMILES string of the molecule is O=c1c2cnc(Nc3ccc(CC4CCNCC4)cc3)nc2n2ccnc2n1-c1ccccc1Cl. The summed E-state index contributed by atoms with van der Waals surface area (Å²) in [4.78, 5) is 26.9. The number of halogens is 1. The lowest BCUT2D eigenvalue weighted by Crippen LogP contribution is -2.28. The lowest BCUT2D eigenvalue weighted by Gasteiger charge is -2.22. The van der Waals surface area contributed by atoms with Gasteiger partial charge in [-0.3, -0.25) is 9.20 Å². The molecule has 2 aromatic carbocycles. The van der Waals surface area contributed by atoms with E-state index in [2.05, 4.69) is 37.7 Å². The first-order chi connectivity index (χ1) is 17.2. The van der Waals surface area contributed by atoms with Crippen molar-refractivity contribution in [2.45, 2.75) is 19.3 Å². The molecule has 176 valence electrons. The van der Waals surface area contributed by atoms with Crippen molar-refractivity contribution in [2.75, 3.05) is 18.4 Å². The van der Waals surface area contributed by atoms with Crippen molar-refractivity contribution >= 4 is 40.0 Å². The summed E-state index contributed by atoms with van der Waals surface area (Å²) < 4.78 is 3.26. The van der Waals surface area contributed by atoms with Crippen LogP contribution in [-0.2, 0) is 6.42 Å². The molecule has 0 spiro atoms. The van der Waals surface area contributed by atoms with Gasteiger partial charge in [0.25, 0.3) is 5.56 Å². The summed E-state index contributed by atoms with van der Waals surface area (Å²) in [5.74, 6) is 1.59. The van der Waals surface area contributed by atoms with Crippen LogP contribution in [-0.4, -0.2) is 37.0 Å². The highest BCUT2D eigenvalue weighted by molar-refractivity contribution is 6.32. The van der Waals surface area contributed by atoms with Gasteiger partial charge >= 0.3 is 0 Å². The van der Waals surface area contributed by atoms with E-state index < -0.39 is 0 Å². The van der Waals surface area contributed by atoms with Gasteiger partial charge in [-0.2, -0.15) is 4.98 Å². The molecule has 8 nitrogen and oxygen atoms in total. The van der Waals surface area contributed by atoms with E-state index in [1.165, 1.54) is 23.0 Å². The molecule has 35 heavy (non-hydrogen) atoms. The number of piperidine rings is 1. The Morgan fingerprint density at radius 3 is 2.66 bits per heavy atom. The number of nitrogens with one attached hydrogen (secondary N) is 2. The van der Waals surface area contributed by atoms with Gasteiger partial charge in [-0.05, 0) is 68.1 Å². The quantitative estimate of drug-likeness (QED) is 0.384. The molecule has 0 amide bonds. The van der Waals surface area contributed by atoms with Gasteiger partial charge in [-0.15, -0.1) is 0 Å². The number of fused-ring (bicyclic) bond motifs is 3. The number of imidazole rings is 1. The van der Waals surface area contributed by atoms with Crippen LogP contribution in [0.3, 0.4) is 0 Å². The Labute approximate surface area is 206 Å². The number of para-hydroxylation sites is 1. The molecular formula is C26H24ClN7O. The molecule has 4 heterocycles. The van der Waals surface area contributed by atoms with E-state index >= 15 is 0 Å². The fourth-order valence-corrected chi connectivity index (χ4v) is 4.95. The lowest BCUT2D eigenvalue weighted by molar-refractivity contribution is 0.372. The van der Waals surface area contributed by atoms with Crippen LogP contribution >= 0.6 is 11.6 Å². The molecule has 1 aliphatic heterocycles. The minimum Gasteiger partial charge on any atom is -0.324 e. The largest absolute Gasteiger partial charge is 0.324 e. The predicted molar refractivity (Wildman–Crippen MR) is 138 cm³/mol. The van der Waals surface area contributed by atoms with E-state index in [1.807, 2.05) is 24.3 Å². The number of rotatable bonds is 5. The first-order valence-corrected chi connectivity index (χ1v) is 12.1. The minimum absolute atomic E-state index is 0.277. The molecular weight excluding hydrogens is 462 g/mol. The van der Waals surface area contributed by atoms with Crippen LogP contribution in [0.4, 0.5) is 11.6 Å². The highest BCUT2D eigenvalue weighted by Gasteiger charge is 2.17. The zero-order valence-electron chi connectivity index (χ0n) is 19.0. The summed E-state index contributed by atoms with van der Waals surface area (Å²) >= 11 is 6.39. The molecule has 9 heteroatoms. The molecule has 1 saturated heterocycles. The fraction of sp³-hybridized carbons (Fsp3) is 0.231. The van der Waals surface area contributed by atoms with E-state index in [1.54, 1.807) is 35.1 Å². The Morgan fingerprint density at radius 2 is 1.86 bits per heavy atom. The van der Waals surface area contributed by atoms with Crippen molar-refractivity contribution in [3.05, 3.63) is 88.1 Å². The molecule has 6 rings (SSSR count). The third kappa shape index (κ3) is 4.15. The third-order valence-electron chi connectivity index (χ3n) is 6.54. The van der Waals surface area contributed by atoms with Crippen LogP contribution in [0.5, 0.6) is 0 Å². The summed E-state index contributed by atoms with van der Waals surface area (Å²) in [5, 5.41) is 7.52. The third-order valence-corrected chi connectivity index (χ3v) is 6.86. The molecule has 0 saturated carbocycles. The number of nitrogens with zero attached hydrogens (tertiary/aromatic N) is 5. The first kappa shape index (κ1) is 21.8. The van der Waals surface area contributed by atoms with Gasteiger partial charge in [0.15, 0.2) is 5.65 Å². The summed E-state index contributed by atoms with van der Waals surface area (Å²) in [6, 6.07) is 15.6. The molecule has 0 bridgehead atoms. The highest BCUT2D eigenvalue weighted by Crippen LogP contribution is 2.23. The average Bonchev–Trinajstić information content (AvgIpc) is 3.37. The summed E-state index contributed by atoms with van der Waals surface area (Å²) in [7, 11) is 0. The minimum atomic E-state index is -0.277. The van der Waals surface area contributed by atoms with Crippen molar-refractivity contribution in [1.29, 1.82) is 0 Å². The van der Waals surface area contributed by atoms with Crippen LogP contribution in [0.15, 0.2) is 71.9 Å². The van der Waals surface area contributed by atoms with Gasteiger partial charge < -0.3 is 10.6 Å². The summed E-state index contributed by atoms with van der Waals surface area (Å²) in [6.07, 6.45) is 8.52. The second-order valence-electron chi connectivity index (χ2n) is 8.84.